The van der Waals surface area contributed by atoms with Crippen LogP contribution in [0.3, 0.4) is 0 Å². The van der Waals surface area contributed by atoms with Crippen LogP contribution in [0.1, 0.15) is 5.56 Å². The van der Waals surface area contributed by atoms with Gasteiger partial charge < -0.3 is 9.47 Å². The van der Waals surface area contributed by atoms with Gasteiger partial charge in [-0.2, -0.15) is 0 Å². The fraction of sp³-hybridized carbons (Fsp3) is 0.188. The molecule has 25 heavy (non-hydrogen) atoms. The molecule has 2 aromatic carbocycles. The van der Waals surface area contributed by atoms with Crippen molar-refractivity contribution in [3.05, 3.63) is 53.1 Å². The number of sulfonamides is 1. The van der Waals surface area contributed by atoms with Gasteiger partial charge in [-0.15, -0.1) is 4.83 Å². The second-order valence-electron chi connectivity index (χ2n) is 4.97. The lowest BCUT2D eigenvalue weighted by Crippen LogP contribution is -2.42. The highest BCUT2D eigenvalue weighted by Gasteiger charge is 2.15. The van der Waals surface area contributed by atoms with Gasteiger partial charge in [0.1, 0.15) is 0 Å². The number of nitrogens with one attached hydrogen (secondary N) is 2. The standard InChI is InChI=1S/C16H17ClN2O5S/c1-23-14-8-3-11(9-15(14)24-2)10-16(20)18-19-25(21,22)13-6-4-12(17)5-7-13/h3-9,19H,10H2,1-2H3,(H,18,20). The van der Waals surface area contributed by atoms with Crippen molar-refractivity contribution in [2.75, 3.05) is 14.2 Å². The lowest BCUT2D eigenvalue weighted by atomic mass is 10.1. The van der Waals surface area contributed by atoms with E-state index in [0.29, 0.717) is 22.1 Å². The summed E-state index contributed by atoms with van der Waals surface area (Å²) < 4.78 is 34.4. The Labute approximate surface area is 150 Å². The summed E-state index contributed by atoms with van der Waals surface area (Å²) in [6, 6.07) is 10.6. The molecule has 0 atom stereocenters. The number of halogens is 1. The van der Waals surface area contributed by atoms with Crippen molar-refractivity contribution in [3.8, 4) is 11.5 Å². The summed E-state index contributed by atoms with van der Waals surface area (Å²) in [5.41, 5.74) is 2.81. The molecule has 9 heteroatoms. The van der Waals surface area contributed by atoms with Crippen LogP contribution in [0.25, 0.3) is 0 Å². The first-order valence-electron chi connectivity index (χ1n) is 7.13. The average molecular weight is 385 g/mol. The summed E-state index contributed by atoms with van der Waals surface area (Å²) in [5.74, 6) is 0.495. The van der Waals surface area contributed by atoms with E-state index in [1.807, 2.05) is 4.83 Å². The predicted octanol–water partition coefficient (Wildman–Crippen LogP) is 1.91. The number of hydrazine groups is 1. The molecule has 2 rings (SSSR count). The Morgan fingerprint density at radius 1 is 1.04 bits per heavy atom. The van der Waals surface area contributed by atoms with Crippen molar-refractivity contribution >= 4 is 27.5 Å². The SMILES string of the molecule is COc1ccc(CC(=O)NNS(=O)(=O)c2ccc(Cl)cc2)cc1OC. The van der Waals surface area contributed by atoms with E-state index in [4.69, 9.17) is 21.1 Å². The second-order valence-corrected chi connectivity index (χ2v) is 7.09. The molecule has 2 N–H and O–H groups in total. The van der Waals surface area contributed by atoms with Crippen LogP contribution in [-0.4, -0.2) is 28.5 Å². The number of hydrogen-bond donors (Lipinski definition) is 2. The quantitative estimate of drug-likeness (QED) is 0.711. The first kappa shape index (κ1) is 19.0. The first-order chi connectivity index (χ1) is 11.9. The molecule has 0 unspecified atom stereocenters. The molecule has 7 nitrogen and oxygen atoms in total. The number of methoxy groups -OCH3 is 2. The number of amides is 1. The van der Waals surface area contributed by atoms with Crippen molar-refractivity contribution < 1.29 is 22.7 Å². The van der Waals surface area contributed by atoms with Gasteiger partial charge in [-0.25, -0.2) is 8.42 Å². The van der Waals surface area contributed by atoms with Crippen LogP contribution in [-0.2, 0) is 21.2 Å². The predicted molar refractivity (Wildman–Crippen MR) is 93.2 cm³/mol. The third-order valence-electron chi connectivity index (χ3n) is 3.26. The normalized spacial score (nSPS) is 11.0. The molecule has 0 saturated carbocycles. The summed E-state index contributed by atoms with van der Waals surface area (Å²) in [5, 5.41) is 0.413. The molecule has 134 valence electrons. The van der Waals surface area contributed by atoms with E-state index in [1.54, 1.807) is 18.2 Å². The molecule has 0 aromatic heterocycles. The van der Waals surface area contributed by atoms with Crippen molar-refractivity contribution in [1.82, 2.24) is 10.3 Å². The first-order valence-corrected chi connectivity index (χ1v) is 8.99. The molecule has 0 bridgehead atoms. The summed E-state index contributed by atoms with van der Waals surface area (Å²) >= 11 is 5.72. The van der Waals surface area contributed by atoms with Gasteiger partial charge in [0, 0.05) is 5.02 Å². The van der Waals surface area contributed by atoms with Crippen LogP contribution in [0, 0.1) is 0 Å². The van der Waals surface area contributed by atoms with Crippen molar-refractivity contribution in [3.63, 3.8) is 0 Å². The van der Waals surface area contributed by atoms with E-state index < -0.39 is 15.9 Å². The Hall–Kier alpha value is -2.29. The van der Waals surface area contributed by atoms with Crippen LogP contribution in [0.15, 0.2) is 47.4 Å². The molecular weight excluding hydrogens is 368 g/mol. The van der Waals surface area contributed by atoms with Gasteiger partial charge in [0.05, 0.1) is 25.5 Å². The molecule has 0 saturated heterocycles. The van der Waals surface area contributed by atoms with E-state index in [-0.39, 0.29) is 11.3 Å². The molecule has 0 spiro atoms. The highest BCUT2D eigenvalue weighted by atomic mass is 35.5. The van der Waals surface area contributed by atoms with Crippen molar-refractivity contribution in [2.45, 2.75) is 11.3 Å². The maximum atomic E-state index is 12.1. The fourth-order valence-corrected chi connectivity index (χ4v) is 3.00. The lowest BCUT2D eigenvalue weighted by molar-refractivity contribution is -0.120. The number of carbonyl (C=O) groups is 1. The topological polar surface area (TPSA) is 93.7 Å². The zero-order valence-electron chi connectivity index (χ0n) is 13.6. The summed E-state index contributed by atoms with van der Waals surface area (Å²) in [6.07, 6.45) is -0.0382. The van der Waals surface area contributed by atoms with Crippen LogP contribution in [0.2, 0.25) is 5.02 Å². The Bertz CT molecular complexity index is 853. The van der Waals surface area contributed by atoms with Gasteiger partial charge in [-0.3, -0.25) is 10.2 Å². The van der Waals surface area contributed by atoms with E-state index in [2.05, 4.69) is 5.43 Å². The summed E-state index contributed by atoms with van der Waals surface area (Å²) in [6.45, 7) is 0. The van der Waals surface area contributed by atoms with Crippen LogP contribution in [0.4, 0.5) is 0 Å². The maximum Gasteiger partial charge on any atom is 0.257 e. The Kier molecular flexibility index (Phi) is 6.24. The number of benzene rings is 2. The molecule has 0 radical (unpaired) electrons. The highest BCUT2D eigenvalue weighted by Crippen LogP contribution is 2.27. The molecule has 2 aromatic rings. The molecule has 0 aliphatic carbocycles. The van der Waals surface area contributed by atoms with E-state index >= 15 is 0 Å². The largest absolute Gasteiger partial charge is 0.493 e. The van der Waals surface area contributed by atoms with Gasteiger partial charge >= 0.3 is 0 Å². The monoisotopic (exact) mass is 384 g/mol. The van der Waals surface area contributed by atoms with Gasteiger partial charge in [0.25, 0.3) is 10.0 Å². The van der Waals surface area contributed by atoms with Crippen molar-refractivity contribution in [2.24, 2.45) is 0 Å². The average Bonchev–Trinajstić information content (AvgIpc) is 2.60. The fourth-order valence-electron chi connectivity index (χ4n) is 2.02. The summed E-state index contributed by atoms with van der Waals surface area (Å²) in [7, 11) is -0.875. The lowest BCUT2D eigenvalue weighted by Gasteiger charge is -2.11. The number of hydrogen-bond acceptors (Lipinski definition) is 5. The van der Waals surface area contributed by atoms with Gasteiger partial charge in [0.15, 0.2) is 11.5 Å². The maximum absolute atomic E-state index is 12.1. The highest BCUT2D eigenvalue weighted by molar-refractivity contribution is 7.89. The van der Waals surface area contributed by atoms with E-state index in [9.17, 15) is 13.2 Å². The molecule has 0 fully saturated rings. The minimum Gasteiger partial charge on any atom is -0.493 e. The molecule has 0 aliphatic rings. The van der Waals surface area contributed by atoms with Gasteiger partial charge in [0.2, 0.25) is 5.91 Å². The number of ether oxygens (including phenoxy) is 2. The Morgan fingerprint density at radius 2 is 1.68 bits per heavy atom. The Balaban J connectivity index is 1.99. The van der Waals surface area contributed by atoms with Crippen LogP contribution < -0.4 is 19.7 Å². The number of carbonyl (C=O) groups excluding carboxylic acids is 1. The minimum atomic E-state index is -3.87. The molecule has 0 aliphatic heterocycles. The van der Waals surface area contributed by atoms with Gasteiger partial charge in [-0.05, 0) is 42.0 Å². The zero-order chi connectivity index (χ0) is 18.4. The third kappa shape index (κ3) is 5.09. The van der Waals surface area contributed by atoms with Crippen LogP contribution in [0.5, 0.6) is 11.5 Å². The van der Waals surface area contributed by atoms with E-state index in [1.165, 1.54) is 38.5 Å². The smallest absolute Gasteiger partial charge is 0.257 e. The molecule has 0 heterocycles. The second kappa shape index (κ2) is 8.19. The Morgan fingerprint density at radius 3 is 2.28 bits per heavy atom. The molecular formula is C16H17ClN2O5S. The minimum absolute atomic E-state index is 0.0108. The zero-order valence-corrected chi connectivity index (χ0v) is 15.1. The number of rotatable bonds is 7. The third-order valence-corrected chi connectivity index (χ3v) is 4.78. The van der Waals surface area contributed by atoms with Crippen molar-refractivity contribution in [1.29, 1.82) is 0 Å². The van der Waals surface area contributed by atoms with Crippen LogP contribution >= 0.6 is 11.6 Å². The summed E-state index contributed by atoms with van der Waals surface area (Å²) in [4.78, 5) is 14.0. The van der Waals surface area contributed by atoms with E-state index in [0.717, 1.165) is 0 Å². The molecule has 1 amide bonds. The van der Waals surface area contributed by atoms with Gasteiger partial charge in [-0.1, -0.05) is 17.7 Å².